The van der Waals surface area contributed by atoms with Gasteiger partial charge in [0.15, 0.2) is 0 Å². The van der Waals surface area contributed by atoms with E-state index in [1.54, 1.807) is 0 Å². The molecule has 0 unspecified atom stereocenters. The molecule has 0 saturated carbocycles. The number of fused-ring (bicyclic) bond motifs is 8. The summed E-state index contributed by atoms with van der Waals surface area (Å²) in [4.78, 5) is 40.6. The van der Waals surface area contributed by atoms with Gasteiger partial charge in [-0.25, -0.2) is 9.97 Å². The second-order valence-corrected chi connectivity index (χ2v) is 12.6. The van der Waals surface area contributed by atoms with E-state index in [0.29, 0.717) is 24.2 Å². The first-order valence-corrected chi connectivity index (χ1v) is 15.4. The molecule has 3 aromatic heterocycles. The van der Waals surface area contributed by atoms with Gasteiger partial charge < -0.3 is 32.5 Å². The summed E-state index contributed by atoms with van der Waals surface area (Å²) in [7, 11) is 0. The van der Waals surface area contributed by atoms with Gasteiger partial charge in [-0.3, -0.25) is 9.59 Å². The molecular formula is C36H46N6O4Pt. The number of hydrogen-bond donors (Lipinski definition) is 4. The van der Waals surface area contributed by atoms with E-state index < -0.39 is 11.9 Å². The Hall–Kier alpha value is -3.85. The van der Waals surface area contributed by atoms with E-state index in [-0.39, 0.29) is 58.0 Å². The van der Waals surface area contributed by atoms with Crippen LogP contribution in [0.4, 0.5) is 0 Å². The molecule has 254 valence electrons. The molecule has 10 nitrogen and oxygen atoms in total. The summed E-state index contributed by atoms with van der Waals surface area (Å²) in [6.45, 7) is 17.0. The van der Waals surface area contributed by atoms with Gasteiger partial charge in [0, 0.05) is 34.9 Å². The molecule has 0 aliphatic carbocycles. The summed E-state index contributed by atoms with van der Waals surface area (Å²) < 4.78 is 0. The van der Waals surface area contributed by atoms with Crippen molar-refractivity contribution in [1.29, 1.82) is 0 Å². The maximum Gasteiger partial charge on any atom is 2.00 e. The molecule has 5 heterocycles. The largest absolute Gasteiger partial charge is 2.00 e. The van der Waals surface area contributed by atoms with Gasteiger partial charge in [-0.2, -0.15) is 0 Å². The monoisotopic (exact) mass is 821 g/mol. The smallest absolute Gasteiger partial charge is 0.693 e. The first kappa shape index (κ1) is 39.3. The molecule has 0 radical (unpaired) electrons. The predicted octanol–water partition coefficient (Wildman–Crippen LogP) is 10.2. The number of nitrogens with one attached hydrogen (secondary N) is 2. The standard InChI is InChI=1S/C36H42N4O4.2H2N.Pt/c1-17(2)35-21(7)27-13-25-19(5)23(9-11-33(41)42)29(37-25)16-30-24(10-12-34(43)44)20(6)26(38-30)14-31-36(18(3)4)22(8)28(40-31)15-32(35)39-27;;;/h13-18,39-40H,9-12H2,1-8H3,(H,41,42)(H,43,44);2*1H2;/q;2*-1;+2. The fraction of sp³-hybridized carbons (Fsp3) is 0.389. The van der Waals surface area contributed by atoms with Gasteiger partial charge in [0.2, 0.25) is 0 Å². The van der Waals surface area contributed by atoms with Crippen LogP contribution in [0.3, 0.4) is 0 Å². The molecule has 0 atom stereocenters. The number of nitrogens with zero attached hydrogens (tertiary/aromatic N) is 2. The van der Waals surface area contributed by atoms with Gasteiger partial charge >= 0.3 is 33.0 Å². The van der Waals surface area contributed by atoms with Crippen LogP contribution >= 0.6 is 0 Å². The van der Waals surface area contributed by atoms with Crippen LogP contribution < -0.4 is 0 Å². The van der Waals surface area contributed by atoms with Gasteiger partial charge in [0.1, 0.15) is 0 Å². The molecule has 5 rings (SSSR count). The molecule has 0 amide bonds. The number of aryl methyl sites for hydroxylation is 2. The fourth-order valence-corrected chi connectivity index (χ4v) is 6.73. The third kappa shape index (κ3) is 7.66. The van der Waals surface area contributed by atoms with Crippen molar-refractivity contribution in [2.45, 2.75) is 92.9 Å². The Labute approximate surface area is 290 Å². The summed E-state index contributed by atoms with van der Waals surface area (Å²) in [6.07, 6.45) is 0.628. The second kappa shape index (κ2) is 15.4. The van der Waals surface area contributed by atoms with E-state index in [1.807, 2.05) is 19.9 Å². The van der Waals surface area contributed by atoms with E-state index >= 15 is 0 Å². The van der Waals surface area contributed by atoms with Crippen molar-refractivity contribution < 1.29 is 40.9 Å². The molecule has 8 bridgehead atoms. The number of allylic oxidation sites excluding steroid dienone is 4. The number of aromatic amines is 2. The number of carboxylic acid groups (broad SMARTS) is 2. The molecular weight excluding hydrogens is 776 g/mol. The zero-order valence-electron chi connectivity index (χ0n) is 28.4. The molecule has 0 saturated heterocycles. The normalized spacial score (nSPS) is 12.6. The summed E-state index contributed by atoms with van der Waals surface area (Å²) in [5.74, 6) is -1.19. The first-order valence-electron chi connectivity index (χ1n) is 15.4. The molecule has 3 aromatic rings. The van der Waals surface area contributed by atoms with Gasteiger partial charge in [0.05, 0.1) is 22.8 Å². The Balaban J connectivity index is 0.00000256. The van der Waals surface area contributed by atoms with Crippen molar-refractivity contribution in [2.24, 2.45) is 0 Å². The Morgan fingerprint density at radius 1 is 0.617 bits per heavy atom. The minimum atomic E-state index is -0.870. The Kier molecular flexibility index (Phi) is 12.9. The molecule has 47 heavy (non-hydrogen) atoms. The average Bonchev–Trinajstić information content (AvgIpc) is 3.59. The van der Waals surface area contributed by atoms with Crippen LogP contribution in [0.15, 0.2) is 24.3 Å². The van der Waals surface area contributed by atoms with Gasteiger partial charge in [-0.05, 0) is 121 Å². The summed E-state index contributed by atoms with van der Waals surface area (Å²) in [5, 5.41) is 19.0. The third-order valence-corrected chi connectivity index (χ3v) is 8.97. The molecule has 11 heteroatoms. The summed E-state index contributed by atoms with van der Waals surface area (Å²) >= 11 is 0. The maximum atomic E-state index is 11.6. The van der Waals surface area contributed by atoms with Crippen molar-refractivity contribution in [3.8, 4) is 0 Å². The first-order chi connectivity index (χ1) is 20.8. The zero-order valence-corrected chi connectivity index (χ0v) is 30.6. The molecule has 0 aromatic carbocycles. The number of carboxylic acids is 2. The summed E-state index contributed by atoms with van der Waals surface area (Å²) in [6, 6.07) is 8.24. The van der Waals surface area contributed by atoms with E-state index in [0.717, 1.165) is 61.3 Å². The number of hydrogen-bond acceptors (Lipinski definition) is 4. The van der Waals surface area contributed by atoms with Gasteiger partial charge in [-0.15, -0.1) is 0 Å². The second-order valence-electron chi connectivity index (χ2n) is 12.6. The van der Waals surface area contributed by atoms with E-state index in [4.69, 9.17) is 9.97 Å². The molecule has 0 fully saturated rings. The van der Waals surface area contributed by atoms with Crippen LogP contribution in [-0.2, 0) is 30.7 Å². The quantitative estimate of drug-likeness (QED) is 0.174. The fourth-order valence-electron chi connectivity index (χ4n) is 6.73. The number of carbonyl (C=O) groups is 2. The number of aliphatic carboxylic acids is 2. The van der Waals surface area contributed by atoms with Crippen LogP contribution in [0.5, 0.6) is 0 Å². The van der Waals surface area contributed by atoms with Crippen LogP contribution in [0.1, 0.15) is 124 Å². The van der Waals surface area contributed by atoms with Crippen LogP contribution in [0.25, 0.3) is 56.7 Å². The van der Waals surface area contributed by atoms with Crippen LogP contribution in [-0.4, -0.2) is 42.1 Å². The van der Waals surface area contributed by atoms with Crippen molar-refractivity contribution in [3.05, 3.63) is 81.6 Å². The Morgan fingerprint density at radius 3 is 1.36 bits per heavy atom. The van der Waals surface area contributed by atoms with Crippen LogP contribution in [0.2, 0.25) is 0 Å². The number of H-pyrrole nitrogens is 2. The van der Waals surface area contributed by atoms with Crippen molar-refractivity contribution in [2.75, 3.05) is 0 Å². The molecule has 2 aliphatic heterocycles. The Bertz CT molecular complexity index is 1930. The van der Waals surface area contributed by atoms with Crippen molar-refractivity contribution in [1.82, 2.24) is 19.9 Å². The average molecular weight is 822 g/mol. The minimum Gasteiger partial charge on any atom is -0.693 e. The number of nitrogens with two attached hydrogens (primary N) is 2. The summed E-state index contributed by atoms with van der Waals surface area (Å²) in [5.41, 5.74) is 15.3. The topological polar surface area (TPSA) is 199 Å². The van der Waals surface area contributed by atoms with Crippen molar-refractivity contribution >= 4 is 56.3 Å². The van der Waals surface area contributed by atoms with E-state index in [2.05, 4.69) is 69.7 Å². The number of aromatic nitrogens is 4. The van der Waals surface area contributed by atoms with Crippen LogP contribution in [0, 0.1) is 13.8 Å². The van der Waals surface area contributed by atoms with Gasteiger partial charge in [0.25, 0.3) is 0 Å². The zero-order chi connectivity index (χ0) is 32.0. The third-order valence-electron chi connectivity index (χ3n) is 8.97. The molecule has 2 aliphatic rings. The van der Waals surface area contributed by atoms with E-state index in [1.165, 1.54) is 16.7 Å². The van der Waals surface area contributed by atoms with E-state index in [9.17, 15) is 19.8 Å². The number of rotatable bonds is 8. The SMILES string of the molecule is CC1=C(CCC(=O)O)c2cc3nc(cc4[nH]c(cc5[nH]c(cc1n2)c(C)c5C(C)C)c(C)c4C(C)C)C(C)=C3CCC(=O)O.[NH2-].[NH2-].[Pt+2]. The predicted molar refractivity (Wildman–Crippen MR) is 188 cm³/mol. The Morgan fingerprint density at radius 2 is 0.979 bits per heavy atom. The maximum absolute atomic E-state index is 11.6. The minimum absolute atomic E-state index is 0. The van der Waals surface area contributed by atoms with Gasteiger partial charge in [-0.1, -0.05) is 27.7 Å². The van der Waals surface area contributed by atoms with Crippen molar-refractivity contribution in [3.63, 3.8) is 0 Å². The molecule has 0 spiro atoms. The molecule has 8 N–H and O–H groups in total.